The zero-order valence-corrected chi connectivity index (χ0v) is 10.1. The molecule has 96 valence electrons. The lowest BCUT2D eigenvalue weighted by molar-refractivity contribution is 0.0642. The van der Waals surface area contributed by atoms with Crippen LogP contribution in [-0.2, 0) is 16.1 Å². The Morgan fingerprint density at radius 1 is 1.18 bits per heavy atom. The van der Waals surface area contributed by atoms with Crippen molar-refractivity contribution < 1.29 is 19.3 Å². The van der Waals surface area contributed by atoms with Crippen molar-refractivity contribution in [2.75, 3.05) is 33.5 Å². The van der Waals surface area contributed by atoms with Crippen LogP contribution in [0.3, 0.4) is 0 Å². The van der Waals surface area contributed by atoms with E-state index in [2.05, 4.69) is 4.98 Å². The maximum atomic E-state index is 8.84. The zero-order chi connectivity index (χ0) is 12.3. The molecule has 1 aromatic heterocycles. The van der Waals surface area contributed by atoms with Crippen molar-refractivity contribution >= 4 is 0 Å². The van der Waals surface area contributed by atoms with Crippen molar-refractivity contribution in [2.24, 2.45) is 0 Å². The van der Waals surface area contributed by atoms with Crippen LogP contribution in [0.4, 0.5) is 0 Å². The molecule has 1 rings (SSSR count). The van der Waals surface area contributed by atoms with E-state index < -0.39 is 0 Å². The molecule has 0 saturated carbocycles. The minimum Gasteiger partial charge on any atom is -0.478 e. The number of pyridine rings is 1. The van der Waals surface area contributed by atoms with E-state index in [1.165, 1.54) is 0 Å². The molecule has 0 amide bonds. The molecule has 0 unspecified atom stereocenters. The molecular formula is C12H19NO4. The van der Waals surface area contributed by atoms with Gasteiger partial charge >= 0.3 is 0 Å². The van der Waals surface area contributed by atoms with Gasteiger partial charge in [-0.15, -0.1) is 0 Å². The molecule has 17 heavy (non-hydrogen) atoms. The van der Waals surface area contributed by atoms with Gasteiger partial charge in [0.2, 0.25) is 5.88 Å². The Morgan fingerprint density at radius 3 is 2.71 bits per heavy atom. The van der Waals surface area contributed by atoms with Gasteiger partial charge in [0.1, 0.15) is 0 Å². The molecule has 0 aliphatic carbocycles. The molecule has 1 heterocycles. The Labute approximate surface area is 101 Å². The third kappa shape index (κ3) is 6.21. The van der Waals surface area contributed by atoms with Gasteiger partial charge in [-0.3, -0.25) is 0 Å². The largest absolute Gasteiger partial charge is 0.478 e. The van der Waals surface area contributed by atoms with Gasteiger partial charge in [0, 0.05) is 32.4 Å². The summed E-state index contributed by atoms with van der Waals surface area (Å²) in [6, 6.07) is 3.54. The van der Waals surface area contributed by atoms with Crippen molar-refractivity contribution in [3.8, 4) is 5.88 Å². The van der Waals surface area contributed by atoms with Crippen LogP contribution >= 0.6 is 0 Å². The van der Waals surface area contributed by atoms with Crippen LogP contribution in [0.25, 0.3) is 0 Å². The second-order valence-electron chi connectivity index (χ2n) is 3.47. The summed E-state index contributed by atoms with van der Waals surface area (Å²) in [7, 11) is 1.65. The number of hydrogen-bond donors (Lipinski definition) is 1. The van der Waals surface area contributed by atoms with Gasteiger partial charge in [0.15, 0.2) is 0 Å². The summed E-state index contributed by atoms with van der Waals surface area (Å²) in [6.45, 7) is 2.45. The fraction of sp³-hybridized carbons (Fsp3) is 0.583. The van der Waals surface area contributed by atoms with Gasteiger partial charge in [0.25, 0.3) is 0 Å². The topological polar surface area (TPSA) is 60.8 Å². The molecule has 0 aliphatic rings. The van der Waals surface area contributed by atoms with Crippen LogP contribution in [0.2, 0.25) is 0 Å². The summed E-state index contributed by atoms with van der Waals surface area (Å²) in [5, 5.41) is 8.84. The van der Waals surface area contributed by atoms with E-state index in [-0.39, 0.29) is 6.61 Å². The Balaban J connectivity index is 2.05. The van der Waals surface area contributed by atoms with Crippen molar-refractivity contribution in [3.05, 3.63) is 23.9 Å². The summed E-state index contributed by atoms with van der Waals surface area (Å²) in [5.41, 5.74) is 0.778. The molecule has 0 bridgehead atoms. The number of nitrogens with zero attached hydrogens (tertiary/aromatic N) is 1. The van der Waals surface area contributed by atoms with Crippen LogP contribution in [0.15, 0.2) is 18.3 Å². The van der Waals surface area contributed by atoms with Crippen LogP contribution in [0.5, 0.6) is 5.88 Å². The lowest BCUT2D eigenvalue weighted by atomic mass is 10.3. The summed E-state index contributed by atoms with van der Waals surface area (Å²) in [5.74, 6) is 0.569. The molecule has 0 spiro atoms. The highest BCUT2D eigenvalue weighted by atomic mass is 16.5. The molecule has 1 N–H and O–H groups in total. The molecule has 0 fully saturated rings. The third-order valence-electron chi connectivity index (χ3n) is 2.09. The number of aliphatic hydroxyl groups excluding tert-OH is 1. The van der Waals surface area contributed by atoms with E-state index in [0.29, 0.717) is 32.3 Å². The van der Waals surface area contributed by atoms with E-state index in [4.69, 9.17) is 19.3 Å². The predicted octanol–water partition coefficient (Wildman–Crippen LogP) is 1.01. The summed E-state index contributed by atoms with van der Waals surface area (Å²) in [6.07, 6.45) is 2.41. The van der Waals surface area contributed by atoms with Crippen LogP contribution < -0.4 is 4.74 Å². The zero-order valence-electron chi connectivity index (χ0n) is 10.1. The quantitative estimate of drug-likeness (QED) is 0.654. The maximum absolute atomic E-state index is 8.84. The molecule has 0 aliphatic heterocycles. The fourth-order valence-electron chi connectivity index (χ4n) is 1.17. The highest BCUT2D eigenvalue weighted by Gasteiger charge is 1.96. The first-order chi connectivity index (χ1) is 8.36. The van der Waals surface area contributed by atoms with Gasteiger partial charge in [-0.05, 0) is 11.6 Å². The Kier molecular flexibility index (Phi) is 7.29. The number of methoxy groups -OCH3 is 1. The number of aromatic nitrogens is 1. The van der Waals surface area contributed by atoms with Crippen molar-refractivity contribution in [2.45, 2.75) is 13.0 Å². The Bertz CT molecular complexity index is 289. The predicted molar refractivity (Wildman–Crippen MR) is 63.0 cm³/mol. The number of ether oxygens (including phenoxy) is 3. The SMILES string of the molecule is COCCOCCCOc1ccc(CO)cn1. The second-order valence-corrected chi connectivity index (χ2v) is 3.47. The molecule has 1 aromatic rings. The fourth-order valence-corrected chi connectivity index (χ4v) is 1.17. The third-order valence-corrected chi connectivity index (χ3v) is 2.09. The molecule has 0 saturated heterocycles. The monoisotopic (exact) mass is 241 g/mol. The Hall–Kier alpha value is -1.17. The molecule has 5 heteroatoms. The maximum Gasteiger partial charge on any atom is 0.213 e. The Morgan fingerprint density at radius 2 is 2.06 bits per heavy atom. The van der Waals surface area contributed by atoms with Gasteiger partial charge in [-0.25, -0.2) is 4.98 Å². The van der Waals surface area contributed by atoms with Crippen LogP contribution in [-0.4, -0.2) is 43.6 Å². The lowest BCUT2D eigenvalue weighted by Gasteiger charge is -2.06. The normalized spacial score (nSPS) is 10.5. The van der Waals surface area contributed by atoms with Gasteiger partial charge in [-0.2, -0.15) is 0 Å². The molecule has 0 aromatic carbocycles. The number of aliphatic hydroxyl groups is 1. The lowest BCUT2D eigenvalue weighted by Crippen LogP contribution is -2.07. The van der Waals surface area contributed by atoms with Crippen molar-refractivity contribution in [3.63, 3.8) is 0 Å². The van der Waals surface area contributed by atoms with Gasteiger partial charge < -0.3 is 19.3 Å². The molecule has 0 atom stereocenters. The van der Waals surface area contributed by atoms with E-state index in [9.17, 15) is 0 Å². The molecular weight excluding hydrogens is 222 g/mol. The number of hydrogen-bond acceptors (Lipinski definition) is 5. The first-order valence-corrected chi connectivity index (χ1v) is 5.62. The van der Waals surface area contributed by atoms with E-state index in [0.717, 1.165) is 12.0 Å². The minimum absolute atomic E-state index is 0.000615. The average Bonchev–Trinajstić information content (AvgIpc) is 2.38. The van der Waals surface area contributed by atoms with Gasteiger partial charge in [0.05, 0.1) is 26.4 Å². The second kappa shape index (κ2) is 8.92. The van der Waals surface area contributed by atoms with E-state index in [1.54, 1.807) is 25.4 Å². The summed E-state index contributed by atoms with van der Waals surface area (Å²) in [4.78, 5) is 4.05. The van der Waals surface area contributed by atoms with E-state index in [1.807, 2.05) is 0 Å². The first kappa shape index (κ1) is 13.9. The highest BCUT2D eigenvalue weighted by Crippen LogP contribution is 2.07. The summed E-state index contributed by atoms with van der Waals surface area (Å²) >= 11 is 0. The van der Waals surface area contributed by atoms with Crippen molar-refractivity contribution in [1.29, 1.82) is 0 Å². The number of rotatable bonds is 9. The highest BCUT2D eigenvalue weighted by molar-refractivity contribution is 5.16. The van der Waals surface area contributed by atoms with Crippen LogP contribution in [0, 0.1) is 0 Å². The average molecular weight is 241 g/mol. The standard InChI is InChI=1S/C12H19NO4/c1-15-7-8-16-5-2-6-17-12-4-3-11(10-14)9-13-12/h3-4,9,14H,2,5-8,10H2,1H3. The van der Waals surface area contributed by atoms with E-state index >= 15 is 0 Å². The van der Waals surface area contributed by atoms with Crippen molar-refractivity contribution in [1.82, 2.24) is 4.98 Å². The van der Waals surface area contributed by atoms with Gasteiger partial charge in [-0.1, -0.05) is 0 Å². The first-order valence-electron chi connectivity index (χ1n) is 5.62. The molecule has 5 nitrogen and oxygen atoms in total. The minimum atomic E-state index is 0.000615. The van der Waals surface area contributed by atoms with Crippen LogP contribution in [0.1, 0.15) is 12.0 Å². The summed E-state index contributed by atoms with van der Waals surface area (Å²) < 4.78 is 15.6. The smallest absolute Gasteiger partial charge is 0.213 e. The molecule has 0 radical (unpaired) electrons.